The van der Waals surface area contributed by atoms with Gasteiger partial charge in [0.1, 0.15) is 0 Å². The van der Waals surface area contributed by atoms with Crippen LogP contribution in [0.25, 0.3) is 0 Å². The molecule has 1 heterocycles. The molecule has 0 bridgehead atoms. The van der Waals surface area contributed by atoms with Crippen LogP contribution in [0, 0.1) is 0 Å². The van der Waals surface area contributed by atoms with E-state index in [0.717, 1.165) is 18.0 Å². The SMILES string of the molecule is CC(C)n1nc(CCN)cc1C1CCCC1. The molecule has 2 N–H and O–H groups in total. The van der Waals surface area contributed by atoms with Crippen LogP contribution >= 0.6 is 0 Å². The summed E-state index contributed by atoms with van der Waals surface area (Å²) in [5.41, 5.74) is 8.21. The van der Waals surface area contributed by atoms with Crippen molar-refractivity contribution >= 4 is 0 Å². The molecule has 1 aliphatic carbocycles. The molecule has 0 atom stereocenters. The van der Waals surface area contributed by atoms with Gasteiger partial charge < -0.3 is 5.73 Å². The van der Waals surface area contributed by atoms with E-state index in [1.807, 2.05) is 0 Å². The zero-order valence-corrected chi connectivity index (χ0v) is 10.4. The Kier molecular flexibility index (Phi) is 3.64. The summed E-state index contributed by atoms with van der Waals surface area (Å²) < 4.78 is 2.21. The summed E-state index contributed by atoms with van der Waals surface area (Å²) in [6.07, 6.45) is 6.32. The van der Waals surface area contributed by atoms with Crippen LogP contribution < -0.4 is 5.73 Å². The molecule has 1 saturated carbocycles. The van der Waals surface area contributed by atoms with Crippen molar-refractivity contribution in [2.24, 2.45) is 5.73 Å². The predicted octanol–water partition coefficient (Wildman–Crippen LogP) is 2.62. The molecule has 90 valence electrons. The fourth-order valence-corrected chi connectivity index (χ4v) is 2.67. The summed E-state index contributed by atoms with van der Waals surface area (Å²) in [6, 6.07) is 2.74. The van der Waals surface area contributed by atoms with E-state index in [-0.39, 0.29) is 0 Å². The molecular weight excluding hydrogens is 198 g/mol. The molecular formula is C13H23N3. The first-order chi connectivity index (χ1) is 7.72. The van der Waals surface area contributed by atoms with Crippen LogP contribution in [-0.4, -0.2) is 16.3 Å². The number of aromatic nitrogens is 2. The Balaban J connectivity index is 2.25. The van der Waals surface area contributed by atoms with Gasteiger partial charge in [0.2, 0.25) is 0 Å². The first kappa shape index (κ1) is 11.6. The van der Waals surface area contributed by atoms with Gasteiger partial charge in [-0.15, -0.1) is 0 Å². The Hall–Kier alpha value is -0.830. The maximum absolute atomic E-state index is 5.60. The van der Waals surface area contributed by atoms with Gasteiger partial charge in [0.05, 0.1) is 5.69 Å². The first-order valence-corrected chi connectivity index (χ1v) is 6.50. The highest BCUT2D eigenvalue weighted by atomic mass is 15.3. The predicted molar refractivity (Wildman–Crippen MR) is 66.6 cm³/mol. The lowest BCUT2D eigenvalue weighted by Crippen LogP contribution is -2.10. The number of hydrogen-bond donors (Lipinski definition) is 1. The highest BCUT2D eigenvalue weighted by Crippen LogP contribution is 2.35. The Bertz CT molecular complexity index is 335. The van der Waals surface area contributed by atoms with E-state index in [4.69, 9.17) is 5.73 Å². The van der Waals surface area contributed by atoms with Crippen molar-refractivity contribution in [2.45, 2.75) is 57.9 Å². The fourth-order valence-electron chi connectivity index (χ4n) is 2.67. The lowest BCUT2D eigenvalue weighted by molar-refractivity contribution is 0.482. The van der Waals surface area contributed by atoms with Crippen LogP contribution in [-0.2, 0) is 6.42 Å². The average molecular weight is 221 g/mol. The average Bonchev–Trinajstić information content (AvgIpc) is 2.83. The molecule has 0 unspecified atom stereocenters. The minimum absolute atomic E-state index is 0.460. The Morgan fingerprint density at radius 1 is 1.44 bits per heavy atom. The third-order valence-electron chi connectivity index (χ3n) is 3.48. The van der Waals surface area contributed by atoms with Crippen LogP contribution in [0.15, 0.2) is 6.07 Å². The lowest BCUT2D eigenvalue weighted by Gasteiger charge is -2.15. The van der Waals surface area contributed by atoms with Crippen molar-refractivity contribution < 1.29 is 0 Å². The van der Waals surface area contributed by atoms with Gasteiger partial charge in [-0.25, -0.2) is 0 Å². The summed E-state index contributed by atoms with van der Waals surface area (Å²) in [5, 5.41) is 4.68. The van der Waals surface area contributed by atoms with Gasteiger partial charge in [-0.1, -0.05) is 12.8 Å². The largest absolute Gasteiger partial charge is 0.330 e. The smallest absolute Gasteiger partial charge is 0.0640 e. The molecule has 0 aliphatic heterocycles. The monoisotopic (exact) mass is 221 g/mol. The van der Waals surface area contributed by atoms with Gasteiger partial charge >= 0.3 is 0 Å². The summed E-state index contributed by atoms with van der Waals surface area (Å²) in [6.45, 7) is 5.11. The second-order valence-corrected chi connectivity index (χ2v) is 5.12. The van der Waals surface area contributed by atoms with Gasteiger partial charge in [0.25, 0.3) is 0 Å². The minimum atomic E-state index is 0.460. The van der Waals surface area contributed by atoms with Gasteiger partial charge in [0.15, 0.2) is 0 Å². The molecule has 1 aromatic heterocycles. The van der Waals surface area contributed by atoms with E-state index >= 15 is 0 Å². The van der Waals surface area contributed by atoms with Gasteiger partial charge in [-0.3, -0.25) is 4.68 Å². The van der Waals surface area contributed by atoms with E-state index in [1.165, 1.54) is 31.4 Å². The van der Waals surface area contributed by atoms with E-state index in [2.05, 4.69) is 29.7 Å². The number of hydrogen-bond acceptors (Lipinski definition) is 2. The van der Waals surface area contributed by atoms with Gasteiger partial charge in [0, 0.05) is 24.1 Å². The molecule has 3 nitrogen and oxygen atoms in total. The maximum atomic E-state index is 5.60. The minimum Gasteiger partial charge on any atom is -0.330 e. The van der Waals surface area contributed by atoms with Gasteiger partial charge in [-0.05, 0) is 39.3 Å². The molecule has 0 spiro atoms. The zero-order valence-electron chi connectivity index (χ0n) is 10.4. The van der Waals surface area contributed by atoms with Crippen molar-refractivity contribution in [2.75, 3.05) is 6.54 Å². The summed E-state index contributed by atoms with van der Waals surface area (Å²) in [4.78, 5) is 0. The lowest BCUT2D eigenvalue weighted by atomic mass is 10.0. The Morgan fingerprint density at radius 3 is 2.69 bits per heavy atom. The van der Waals surface area contributed by atoms with Gasteiger partial charge in [-0.2, -0.15) is 5.10 Å². The molecule has 1 fully saturated rings. The van der Waals surface area contributed by atoms with E-state index in [1.54, 1.807) is 0 Å². The van der Waals surface area contributed by atoms with Crippen LogP contribution in [0.2, 0.25) is 0 Å². The molecule has 0 radical (unpaired) electrons. The summed E-state index contributed by atoms with van der Waals surface area (Å²) in [5.74, 6) is 0.737. The van der Waals surface area contributed by atoms with Crippen molar-refractivity contribution in [3.63, 3.8) is 0 Å². The van der Waals surface area contributed by atoms with Crippen molar-refractivity contribution in [1.29, 1.82) is 0 Å². The summed E-state index contributed by atoms with van der Waals surface area (Å²) in [7, 11) is 0. The molecule has 0 amide bonds. The number of nitrogens with two attached hydrogens (primary N) is 1. The Morgan fingerprint density at radius 2 is 2.12 bits per heavy atom. The van der Waals surface area contributed by atoms with Crippen LogP contribution in [0.3, 0.4) is 0 Å². The fraction of sp³-hybridized carbons (Fsp3) is 0.769. The molecule has 16 heavy (non-hydrogen) atoms. The molecule has 1 aromatic rings. The number of rotatable bonds is 4. The molecule has 3 heteroatoms. The van der Waals surface area contributed by atoms with E-state index in [0.29, 0.717) is 12.6 Å². The third kappa shape index (κ3) is 2.29. The van der Waals surface area contributed by atoms with E-state index < -0.39 is 0 Å². The van der Waals surface area contributed by atoms with E-state index in [9.17, 15) is 0 Å². The van der Waals surface area contributed by atoms with Crippen LogP contribution in [0.4, 0.5) is 0 Å². The molecule has 0 aromatic carbocycles. The number of nitrogens with zero attached hydrogens (tertiary/aromatic N) is 2. The second kappa shape index (κ2) is 5.00. The Labute approximate surface area is 98.0 Å². The van der Waals surface area contributed by atoms with Crippen molar-refractivity contribution in [3.05, 3.63) is 17.5 Å². The third-order valence-corrected chi connectivity index (χ3v) is 3.48. The standard InChI is InChI=1S/C13H23N3/c1-10(2)16-13(11-5-3-4-6-11)9-12(15-16)7-8-14/h9-11H,3-8,14H2,1-2H3. The highest BCUT2D eigenvalue weighted by molar-refractivity contribution is 5.17. The molecule has 1 aliphatic rings. The van der Waals surface area contributed by atoms with Crippen LogP contribution in [0.5, 0.6) is 0 Å². The zero-order chi connectivity index (χ0) is 11.5. The topological polar surface area (TPSA) is 43.8 Å². The highest BCUT2D eigenvalue weighted by Gasteiger charge is 2.22. The summed E-state index contributed by atoms with van der Waals surface area (Å²) >= 11 is 0. The molecule has 2 rings (SSSR count). The molecule has 0 saturated heterocycles. The van der Waals surface area contributed by atoms with Crippen molar-refractivity contribution in [3.8, 4) is 0 Å². The quantitative estimate of drug-likeness (QED) is 0.849. The van der Waals surface area contributed by atoms with Crippen LogP contribution in [0.1, 0.15) is 62.9 Å². The maximum Gasteiger partial charge on any atom is 0.0640 e. The normalized spacial score (nSPS) is 17.5. The second-order valence-electron chi connectivity index (χ2n) is 5.12. The van der Waals surface area contributed by atoms with Crippen molar-refractivity contribution in [1.82, 2.24) is 9.78 Å². The first-order valence-electron chi connectivity index (χ1n) is 6.50.